The summed E-state index contributed by atoms with van der Waals surface area (Å²) in [6.07, 6.45) is 0. The highest BCUT2D eigenvalue weighted by molar-refractivity contribution is 7.98. The molecule has 1 N–H and O–H groups in total. The van der Waals surface area contributed by atoms with E-state index < -0.39 is 0 Å². The van der Waals surface area contributed by atoms with Gasteiger partial charge in [0.05, 0.1) is 30.4 Å². The highest BCUT2D eigenvalue weighted by Gasteiger charge is 2.37. The molecule has 108 valence electrons. The molecule has 2 aromatic heterocycles. The smallest absolute Gasteiger partial charge is 0.236 e. The van der Waals surface area contributed by atoms with Gasteiger partial charge in [0.25, 0.3) is 0 Å². The van der Waals surface area contributed by atoms with Crippen molar-refractivity contribution in [3.05, 3.63) is 29.0 Å². The number of nitrogens with zero attached hydrogens (tertiary/aromatic N) is 1. The van der Waals surface area contributed by atoms with E-state index in [1.807, 2.05) is 24.4 Å². The second kappa shape index (κ2) is 5.89. The maximum atomic E-state index is 9.39. The van der Waals surface area contributed by atoms with E-state index in [9.17, 15) is 5.11 Å². The van der Waals surface area contributed by atoms with E-state index in [0.717, 1.165) is 27.8 Å². The predicted molar refractivity (Wildman–Crippen MR) is 81.1 cm³/mol. The van der Waals surface area contributed by atoms with Crippen LogP contribution < -0.4 is 0 Å². The van der Waals surface area contributed by atoms with Gasteiger partial charge in [-0.2, -0.15) is 11.8 Å². The molecule has 20 heavy (non-hydrogen) atoms. The van der Waals surface area contributed by atoms with Crippen molar-refractivity contribution in [2.45, 2.75) is 12.7 Å². The monoisotopic (exact) mass is 311 g/mol. The van der Waals surface area contributed by atoms with Crippen molar-refractivity contribution in [1.29, 1.82) is 0 Å². The molecule has 4 nitrogen and oxygen atoms in total. The van der Waals surface area contributed by atoms with Crippen molar-refractivity contribution in [3.8, 4) is 10.8 Å². The molecule has 1 saturated heterocycles. The first-order valence-electron chi connectivity index (χ1n) is 6.49. The molecule has 2 aromatic rings. The van der Waals surface area contributed by atoms with E-state index in [4.69, 9.17) is 9.15 Å². The van der Waals surface area contributed by atoms with Crippen molar-refractivity contribution in [2.24, 2.45) is 5.41 Å². The molecule has 0 unspecified atom stereocenters. The minimum atomic E-state index is -0.0428. The Kier molecular flexibility index (Phi) is 4.16. The molecule has 0 spiro atoms. The average Bonchev–Trinajstić information content (AvgIpc) is 3.02. The van der Waals surface area contributed by atoms with Gasteiger partial charge in [-0.25, -0.2) is 4.98 Å². The minimum absolute atomic E-state index is 0.0428. The fraction of sp³-hybridized carbons (Fsp3) is 0.500. The first-order valence-corrected chi connectivity index (χ1v) is 8.52. The Morgan fingerprint density at radius 3 is 2.95 bits per heavy atom. The molecule has 0 amide bonds. The van der Waals surface area contributed by atoms with Gasteiger partial charge in [0, 0.05) is 16.9 Å². The summed E-state index contributed by atoms with van der Waals surface area (Å²) in [7, 11) is 0. The van der Waals surface area contributed by atoms with Crippen molar-refractivity contribution in [1.82, 2.24) is 4.98 Å². The van der Waals surface area contributed by atoms with E-state index in [1.54, 1.807) is 23.1 Å². The first kappa shape index (κ1) is 14.1. The van der Waals surface area contributed by atoms with Crippen LogP contribution in [0.3, 0.4) is 0 Å². The Balaban J connectivity index is 1.60. The van der Waals surface area contributed by atoms with Crippen LogP contribution in [0.25, 0.3) is 10.8 Å². The molecule has 6 heteroatoms. The number of aromatic nitrogens is 1. The summed E-state index contributed by atoms with van der Waals surface area (Å²) in [5.74, 6) is 3.29. The zero-order valence-corrected chi connectivity index (χ0v) is 12.9. The number of thiophene rings is 1. The van der Waals surface area contributed by atoms with Crippen LogP contribution >= 0.6 is 23.1 Å². The van der Waals surface area contributed by atoms with Crippen LogP contribution in [0, 0.1) is 12.3 Å². The van der Waals surface area contributed by atoms with E-state index >= 15 is 0 Å². The Labute approximate surface area is 126 Å². The lowest BCUT2D eigenvalue weighted by Crippen LogP contribution is -2.47. The number of aliphatic hydroxyl groups is 1. The molecule has 1 aliphatic heterocycles. The topological polar surface area (TPSA) is 55.5 Å². The molecule has 1 fully saturated rings. The van der Waals surface area contributed by atoms with E-state index in [1.165, 1.54) is 0 Å². The first-order chi connectivity index (χ1) is 9.72. The number of hydrogen-bond donors (Lipinski definition) is 1. The van der Waals surface area contributed by atoms with Crippen molar-refractivity contribution < 1.29 is 14.3 Å². The maximum absolute atomic E-state index is 9.39. The van der Waals surface area contributed by atoms with Gasteiger partial charge < -0.3 is 14.3 Å². The third-order valence-corrected chi connectivity index (χ3v) is 5.58. The molecular weight excluding hydrogens is 294 g/mol. The zero-order valence-electron chi connectivity index (χ0n) is 11.3. The second-order valence-electron chi connectivity index (χ2n) is 5.14. The SMILES string of the molecule is Cc1oc(-c2cccs2)nc1CSCC1(CO)COC1. The number of oxazole rings is 1. The predicted octanol–water partition coefficient (Wildman–Crippen LogP) is 2.95. The summed E-state index contributed by atoms with van der Waals surface area (Å²) in [6, 6.07) is 4.01. The van der Waals surface area contributed by atoms with Crippen LogP contribution in [-0.2, 0) is 10.5 Å². The van der Waals surface area contributed by atoms with Crippen LogP contribution in [0.2, 0.25) is 0 Å². The third kappa shape index (κ3) is 2.79. The highest BCUT2D eigenvalue weighted by Crippen LogP contribution is 2.33. The van der Waals surface area contributed by atoms with Gasteiger partial charge in [0.1, 0.15) is 5.76 Å². The lowest BCUT2D eigenvalue weighted by molar-refractivity contribution is -0.121. The van der Waals surface area contributed by atoms with E-state index in [2.05, 4.69) is 4.98 Å². The molecule has 0 aromatic carbocycles. The Morgan fingerprint density at radius 1 is 1.50 bits per heavy atom. The van der Waals surface area contributed by atoms with Crippen LogP contribution in [0.5, 0.6) is 0 Å². The fourth-order valence-electron chi connectivity index (χ4n) is 2.04. The zero-order chi connectivity index (χ0) is 14.0. The van der Waals surface area contributed by atoms with Gasteiger partial charge in [-0.15, -0.1) is 11.3 Å². The summed E-state index contributed by atoms with van der Waals surface area (Å²) >= 11 is 3.41. The number of ether oxygens (including phenoxy) is 1. The molecule has 0 atom stereocenters. The van der Waals surface area contributed by atoms with Crippen molar-refractivity contribution in [3.63, 3.8) is 0 Å². The molecule has 3 heterocycles. The standard InChI is InChI=1S/C14H17NO3S2/c1-10-11(5-19-9-14(6-16)7-17-8-14)15-13(18-10)12-3-2-4-20-12/h2-4,16H,5-9H2,1H3. The molecule has 0 bridgehead atoms. The number of thioether (sulfide) groups is 1. The average molecular weight is 311 g/mol. The van der Waals surface area contributed by atoms with Gasteiger partial charge in [-0.3, -0.25) is 0 Å². The lowest BCUT2D eigenvalue weighted by Gasteiger charge is -2.39. The van der Waals surface area contributed by atoms with Gasteiger partial charge in [0.2, 0.25) is 5.89 Å². The Hall–Kier alpha value is -0.820. The summed E-state index contributed by atoms with van der Waals surface area (Å²) < 4.78 is 10.9. The van der Waals surface area contributed by atoms with Gasteiger partial charge >= 0.3 is 0 Å². The van der Waals surface area contributed by atoms with Crippen LogP contribution in [-0.4, -0.2) is 35.7 Å². The quantitative estimate of drug-likeness (QED) is 0.889. The Morgan fingerprint density at radius 2 is 2.35 bits per heavy atom. The van der Waals surface area contributed by atoms with Crippen LogP contribution in [0.4, 0.5) is 0 Å². The number of aliphatic hydroxyl groups excluding tert-OH is 1. The molecule has 3 rings (SSSR count). The van der Waals surface area contributed by atoms with Gasteiger partial charge in [0.15, 0.2) is 0 Å². The molecule has 1 aliphatic rings. The van der Waals surface area contributed by atoms with Crippen molar-refractivity contribution in [2.75, 3.05) is 25.6 Å². The summed E-state index contributed by atoms with van der Waals surface area (Å²) in [5, 5.41) is 11.4. The number of aryl methyl sites for hydroxylation is 1. The van der Waals surface area contributed by atoms with E-state index in [-0.39, 0.29) is 12.0 Å². The lowest BCUT2D eigenvalue weighted by atomic mass is 9.90. The maximum Gasteiger partial charge on any atom is 0.236 e. The summed E-state index contributed by atoms with van der Waals surface area (Å²) in [5.41, 5.74) is 0.950. The molecule has 0 saturated carbocycles. The number of rotatable bonds is 6. The Bertz CT molecular complexity index is 555. The molecular formula is C14H17NO3S2. The van der Waals surface area contributed by atoms with E-state index in [0.29, 0.717) is 19.1 Å². The van der Waals surface area contributed by atoms with Crippen molar-refractivity contribution >= 4 is 23.1 Å². The highest BCUT2D eigenvalue weighted by atomic mass is 32.2. The second-order valence-corrected chi connectivity index (χ2v) is 7.08. The van der Waals surface area contributed by atoms with Crippen LogP contribution in [0.1, 0.15) is 11.5 Å². The largest absolute Gasteiger partial charge is 0.440 e. The van der Waals surface area contributed by atoms with Crippen LogP contribution in [0.15, 0.2) is 21.9 Å². The minimum Gasteiger partial charge on any atom is -0.440 e. The fourth-order valence-corrected chi connectivity index (χ4v) is 3.95. The summed E-state index contributed by atoms with van der Waals surface area (Å²) in [4.78, 5) is 5.63. The van der Waals surface area contributed by atoms with Gasteiger partial charge in [-0.05, 0) is 18.4 Å². The molecule has 0 radical (unpaired) electrons. The molecule has 0 aliphatic carbocycles. The number of hydrogen-bond acceptors (Lipinski definition) is 6. The normalized spacial score (nSPS) is 17.1. The summed E-state index contributed by atoms with van der Waals surface area (Å²) in [6.45, 7) is 3.47. The van der Waals surface area contributed by atoms with Gasteiger partial charge in [-0.1, -0.05) is 6.07 Å². The third-order valence-electron chi connectivity index (χ3n) is 3.42.